The molecule has 12 heavy (non-hydrogen) atoms. The predicted octanol–water partition coefficient (Wildman–Crippen LogP) is 3.55. The van der Waals surface area contributed by atoms with Gasteiger partial charge in [-0.1, -0.05) is 25.3 Å². The van der Waals surface area contributed by atoms with Gasteiger partial charge in [-0.25, -0.2) is 0 Å². The molecule has 1 nitrogen and oxygen atoms in total. The van der Waals surface area contributed by atoms with Crippen LogP contribution in [-0.2, 0) is 0 Å². The average molecular weight is 165 g/mol. The molecule has 1 aliphatic carbocycles. The molecule has 68 valence electrons. The lowest BCUT2D eigenvalue weighted by molar-refractivity contribution is 0.727. The van der Waals surface area contributed by atoms with Gasteiger partial charge >= 0.3 is 0 Å². The minimum atomic E-state index is 0.575. The molecule has 0 bridgehead atoms. The Morgan fingerprint density at radius 2 is 2.00 bits per heavy atom. The number of rotatable bonds is 3. The highest BCUT2D eigenvalue weighted by atomic mass is 14.4. The third kappa shape index (κ3) is 2.47. The van der Waals surface area contributed by atoms with E-state index in [0.29, 0.717) is 5.92 Å². The smallest absolute Gasteiger partial charge is 0.0344 e. The Balaban J connectivity index is 2.46. The largest absolute Gasteiger partial charge is 0.305 e. The van der Waals surface area contributed by atoms with Crippen molar-refractivity contribution in [3.05, 3.63) is 11.6 Å². The molecular weight excluding hydrogens is 146 g/mol. The summed E-state index contributed by atoms with van der Waals surface area (Å²) in [6.07, 6.45) is 8.28. The third-order valence-corrected chi connectivity index (χ3v) is 2.75. The first-order chi connectivity index (χ1) is 5.74. The fourth-order valence-corrected chi connectivity index (χ4v) is 1.72. The Labute approximate surface area is 75.4 Å². The molecule has 0 aromatic heterocycles. The maximum Gasteiger partial charge on any atom is 0.0344 e. The summed E-state index contributed by atoms with van der Waals surface area (Å²) < 4.78 is 0. The van der Waals surface area contributed by atoms with Crippen molar-refractivity contribution in [2.45, 2.75) is 46.0 Å². The Hall–Kier alpha value is -0.590. The van der Waals surface area contributed by atoms with Gasteiger partial charge in [-0.3, -0.25) is 0 Å². The summed E-state index contributed by atoms with van der Waals surface area (Å²) in [7, 11) is 0. The van der Waals surface area contributed by atoms with Crippen LogP contribution in [0.15, 0.2) is 11.6 Å². The van der Waals surface area contributed by atoms with Crippen molar-refractivity contribution < 1.29 is 0 Å². The zero-order chi connectivity index (χ0) is 8.97. The summed E-state index contributed by atoms with van der Waals surface area (Å²) in [6, 6.07) is 0. The van der Waals surface area contributed by atoms with Crippen molar-refractivity contribution in [1.29, 1.82) is 5.41 Å². The molecule has 0 unspecified atom stereocenters. The van der Waals surface area contributed by atoms with E-state index < -0.39 is 0 Å². The summed E-state index contributed by atoms with van der Waals surface area (Å²) in [4.78, 5) is 0. The summed E-state index contributed by atoms with van der Waals surface area (Å²) >= 11 is 0. The second kappa shape index (κ2) is 4.44. The van der Waals surface area contributed by atoms with Crippen molar-refractivity contribution >= 4 is 5.71 Å². The van der Waals surface area contributed by atoms with Crippen molar-refractivity contribution in [2.75, 3.05) is 0 Å². The predicted molar refractivity (Wildman–Crippen MR) is 53.7 cm³/mol. The minimum Gasteiger partial charge on any atom is -0.305 e. The van der Waals surface area contributed by atoms with Crippen molar-refractivity contribution in [3.63, 3.8) is 0 Å². The highest BCUT2D eigenvalue weighted by molar-refractivity contribution is 5.94. The van der Waals surface area contributed by atoms with Gasteiger partial charge in [0.25, 0.3) is 0 Å². The van der Waals surface area contributed by atoms with E-state index in [9.17, 15) is 0 Å². The van der Waals surface area contributed by atoms with Crippen LogP contribution in [0.4, 0.5) is 0 Å². The van der Waals surface area contributed by atoms with E-state index in [-0.39, 0.29) is 0 Å². The lowest BCUT2D eigenvalue weighted by atomic mass is 9.99. The highest BCUT2D eigenvalue weighted by Crippen LogP contribution is 2.26. The molecule has 1 aliphatic rings. The molecule has 0 aromatic carbocycles. The summed E-state index contributed by atoms with van der Waals surface area (Å²) in [6.45, 7) is 4.26. The normalized spacial score (nSPS) is 20.0. The molecule has 1 rings (SSSR count). The van der Waals surface area contributed by atoms with Crippen LogP contribution in [0.1, 0.15) is 46.0 Å². The first-order valence-electron chi connectivity index (χ1n) is 4.99. The van der Waals surface area contributed by atoms with E-state index in [1.807, 2.05) is 0 Å². The summed E-state index contributed by atoms with van der Waals surface area (Å²) in [5.74, 6) is 0.575. The molecule has 1 N–H and O–H groups in total. The van der Waals surface area contributed by atoms with Crippen LogP contribution in [0.3, 0.4) is 0 Å². The van der Waals surface area contributed by atoms with E-state index in [0.717, 1.165) is 12.1 Å². The van der Waals surface area contributed by atoms with Crippen LogP contribution in [-0.4, -0.2) is 5.71 Å². The van der Waals surface area contributed by atoms with Gasteiger partial charge in [-0.15, -0.1) is 0 Å². The molecule has 0 radical (unpaired) electrons. The standard InChI is InChI=1S/C11H19N/c1-3-9(2)8-11(12)10-6-4-5-7-10/h8,10,12H,3-7H2,1-2H3/b9-8+,12-11?. The summed E-state index contributed by atoms with van der Waals surface area (Å²) in [5, 5.41) is 7.84. The molecule has 1 heteroatoms. The van der Waals surface area contributed by atoms with Crippen LogP contribution in [0.2, 0.25) is 0 Å². The molecule has 0 atom stereocenters. The van der Waals surface area contributed by atoms with Crippen LogP contribution in [0.25, 0.3) is 0 Å². The monoisotopic (exact) mass is 165 g/mol. The minimum absolute atomic E-state index is 0.575. The number of hydrogen-bond donors (Lipinski definition) is 1. The Bertz CT molecular complexity index is 185. The first kappa shape index (κ1) is 9.50. The summed E-state index contributed by atoms with van der Waals surface area (Å²) in [5.41, 5.74) is 2.21. The molecular formula is C11H19N. The lowest BCUT2D eigenvalue weighted by Crippen LogP contribution is -2.06. The molecule has 0 amide bonds. The SMILES string of the molecule is CC/C(C)=C/C(=N)C1CCCC1. The quantitative estimate of drug-likeness (QED) is 0.618. The molecule has 0 aromatic rings. The van der Waals surface area contributed by atoms with E-state index in [1.165, 1.54) is 31.3 Å². The fraction of sp³-hybridized carbons (Fsp3) is 0.727. The third-order valence-electron chi connectivity index (χ3n) is 2.75. The molecule has 0 spiro atoms. The number of nitrogens with one attached hydrogen (secondary N) is 1. The zero-order valence-corrected chi connectivity index (χ0v) is 8.19. The van der Waals surface area contributed by atoms with Gasteiger partial charge in [0.1, 0.15) is 0 Å². The Morgan fingerprint density at radius 3 is 2.50 bits per heavy atom. The molecule has 1 saturated carbocycles. The van der Waals surface area contributed by atoms with Gasteiger partial charge in [0, 0.05) is 11.6 Å². The van der Waals surface area contributed by atoms with Crippen LogP contribution < -0.4 is 0 Å². The van der Waals surface area contributed by atoms with Crippen LogP contribution in [0, 0.1) is 11.3 Å². The highest BCUT2D eigenvalue weighted by Gasteiger charge is 2.17. The average Bonchev–Trinajstić information content (AvgIpc) is 2.56. The van der Waals surface area contributed by atoms with Crippen LogP contribution >= 0.6 is 0 Å². The Kier molecular flexibility index (Phi) is 3.51. The molecule has 1 fully saturated rings. The first-order valence-corrected chi connectivity index (χ1v) is 4.99. The lowest BCUT2D eigenvalue weighted by Gasteiger charge is -2.07. The maximum absolute atomic E-state index is 7.84. The number of allylic oxidation sites excluding steroid dienone is 2. The van der Waals surface area contributed by atoms with Gasteiger partial charge in [-0.2, -0.15) is 0 Å². The van der Waals surface area contributed by atoms with Crippen LogP contribution in [0.5, 0.6) is 0 Å². The van der Waals surface area contributed by atoms with E-state index >= 15 is 0 Å². The van der Waals surface area contributed by atoms with Crippen molar-refractivity contribution in [3.8, 4) is 0 Å². The maximum atomic E-state index is 7.84. The van der Waals surface area contributed by atoms with Crippen molar-refractivity contribution in [1.82, 2.24) is 0 Å². The Morgan fingerprint density at radius 1 is 1.42 bits per heavy atom. The number of hydrogen-bond acceptors (Lipinski definition) is 1. The van der Waals surface area contributed by atoms with Gasteiger partial charge < -0.3 is 5.41 Å². The topological polar surface area (TPSA) is 23.9 Å². The van der Waals surface area contributed by atoms with E-state index in [2.05, 4.69) is 19.9 Å². The van der Waals surface area contributed by atoms with Gasteiger partial charge in [-0.05, 0) is 32.3 Å². The molecule has 0 saturated heterocycles. The molecule has 0 aliphatic heterocycles. The second-order valence-electron chi connectivity index (χ2n) is 3.78. The van der Waals surface area contributed by atoms with Gasteiger partial charge in [0.2, 0.25) is 0 Å². The van der Waals surface area contributed by atoms with E-state index in [1.54, 1.807) is 0 Å². The van der Waals surface area contributed by atoms with Crippen molar-refractivity contribution in [2.24, 2.45) is 5.92 Å². The van der Waals surface area contributed by atoms with E-state index in [4.69, 9.17) is 5.41 Å². The van der Waals surface area contributed by atoms with Gasteiger partial charge in [0.05, 0.1) is 0 Å². The molecule has 0 heterocycles. The fourth-order valence-electron chi connectivity index (χ4n) is 1.72. The van der Waals surface area contributed by atoms with Gasteiger partial charge in [0.15, 0.2) is 0 Å². The second-order valence-corrected chi connectivity index (χ2v) is 3.78. The zero-order valence-electron chi connectivity index (χ0n) is 8.19.